The molecule has 5 nitrogen and oxygen atoms in total. The molecule has 188 valence electrons. The number of benzene rings is 2. The van der Waals surface area contributed by atoms with Crippen molar-refractivity contribution in [2.24, 2.45) is 0 Å². The van der Waals surface area contributed by atoms with Crippen LogP contribution in [-0.4, -0.2) is 16.7 Å². The molecular formula is C28H41NO4S. The zero-order chi connectivity index (χ0) is 25.4. The molecule has 0 radical (unpaired) electrons. The first kappa shape index (κ1) is 28.1. The van der Waals surface area contributed by atoms with Crippen molar-refractivity contribution < 1.29 is 18.0 Å². The van der Waals surface area contributed by atoms with Gasteiger partial charge in [0.2, 0.25) is 17.0 Å². The Kier molecular flexibility index (Phi) is 10.3. The summed E-state index contributed by atoms with van der Waals surface area (Å²) in [6, 6.07) is 13.7. The van der Waals surface area contributed by atoms with Crippen LogP contribution in [0.4, 0.5) is 0 Å². The van der Waals surface area contributed by atoms with Gasteiger partial charge >= 0.3 is 0 Å². The van der Waals surface area contributed by atoms with Crippen molar-refractivity contribution in [2.45, 2.75) is 96.3 Å². The van der Waals surface area contributed by atoms with Gasteiger partial charge in [-0.3, -0.25) is 4.79 Å². The maximum Gasteiger partial charge on any atom is 0.244 e. The van der Waals surface area contributed by atoms with E-state index in [2.05, 4.69) is 65.2 Å². The summed E-state index contributed by atoms with van der Waals surface area (Å²) in [5, 5.41) is 0. The molecule has 1 unspecified atom stereocenters. The van der Waals surface area contributed by atoms with Crippen molar-refractivity contribution in [3.63, 3.8) is 0 Å². The number of ether oxygens (including phenoxy) is 1. The maximum atomic E-state index is 12.1. The summed E-state index contributed by atoms with van der Waals surface area (Å²) in [6.45, 7) is 16.0. The summed E-state index contributed by atoms with van der Waals surface area (Å²) in [4.78, 5) is 12.6. The first-order valence-corrected chi connectivity index (χ1v) is 13.3. The van der Waals surface area contributed by atoms with Crippen LogP contribution in [-0.2, 0) is 31.0 Å². The molecular weight excluding hydrogens is 446 g/mol. The highest BCUT2D eigenvalue weighted by molar-refractivity contribution is 7.80. The fourth-order valence-electron chi connectivity index (χ4n) is 3.40. The smallest absolute Gasteiger partial charge is 0.244 e. The van der Waals surface area contributed by atoms with E-state index in [9.17, 15) is 9.00 Å². The van der Waals surface area contributed by atoms with Gasteiger partial charge in [-0.25, -0.2) is 9.69 Å². The van der Waals surface area contributed by atoms with Crippen LogP contribution in [0.2, 0.25) is 0 Å². The van der Waals surface area contributed by atoms with Gasteiger partial charge in [0.25, 0.3) is 0 Å². The van der Waals surface area contributed by atoms with Gasteiger partial charge < -0.3 is 4.74 Å². The van der Waals surface area contributed by atoms with Gasteiger partial charge in [-0.2, -0.15) is 4.28 Å². The van der Waals surface area contributed by atoms with Gasteiger partial charge in [0.1, 0.15) is 5.75 Å². The van der Waals surface area contributed by atoms with E-state index in [4.69, 9.17) is 9.02 Å². The molecule has 0 aliphatic heterocycles. The van der Waals surface area contributed by atoms with E-state index in [0.717, 1.165) is 30.6 Å². The molecule has 0 aliphatic carbocycles. The molecule has 2 aromatic carbocycles. The van der Waals surface area contributed by atoms with Crippen LogP contribution in [0.15, 0.2) is 47.4 Å². The predicted molar refractivity (Wildman–Crippen MR) is 139 cm³/mol. The van der Waals surface area contributed by atoms with Crippen LogP contribution in [0, 0.1) is 6.92 Å². The van der Waals surface area contributed by atoms with Crippen LogP contribution in [0.3, 0.4) is 0 Å². The third kappa shape index (κ3) is 7.95. The predicted octanol–water partition coefficient (Wildman–Crippen LogP) is 6.69. The molecule has 6 heteroatoms. The molecule has 0 aromatic heterocycles. The largest absolute Gasteiger partial charge is 0.493 e. The van der Waals surface area contributed by atoms with E-state index in [1.807, 2.05) is 19.1 Å². The normalized spacial score (nSPS) is 12.9. The molecule has 1 atom stereocenters. The summed E-state index contributed by atoms with van der Waals surface area (Å²) >= 11 is -1.72. The number of aryl methyl sites for hydroxylation is 1. The highest BCUT2D eigenvalue weighted by Crippen LogP contribution is 2.38. The average molecular weight is 488 g/mol. The molecule has 0 heterocycles. The Morgan fingerprint density at radius 3 is 2.21 bits per heavy atom. The molecule has 0 fully saturated rings. The zero-order valence-corrected chi connectivity index (χ0v) is 22.6. The minimum Gasteiger partial charge on any atom is -0.493 e. The topological polar surface area (TPSA) is 64.6 Å². The number of carbonyl (C=O) groups excluding carboxylic acids is 1. The summed E-state index contributed by atoms with van der Waals surface area (Å²) in [5.74, 6) is 0.628. The Morgan fingerprint density at radius 1 is 0.941 bits per heavy atom. The fraction of sp³-hybridized carbons (Fsp3) is 0.536. The van der Waals surface area contributed by atoms with E-state index >= 15 is 0 Å². The minimum atomic E-state index is -1.72. The van der Waals surface area contributed by atoms with Gasteiger partial charge in [0, 0.05) is 12.0 Å². The van der Waals surface area contributed by atoms with E-state index < -0.39 is 11.1 Å². The lowest BCUT2D eigenvalue weighted by atomic mass is 9.76. The third-order valence-corrected chi connectivity index (χ3v) is 7.65. The second-order valence-corrected chi connectivity index (χ2v) is 11.3. The highest BCUT2D eigenvalue weighted by atomic mass is 32.2. The molecule has 34 heavy (non-hydrogen) atoms. The van der Waals surface area contributed by atoms with Crippen molar-refractivity contribution in [3.8, 4) is 5.75 Å². The van der Waals surface area contributed by atoms with Gasteiger partial charge in [-0.15, -0.1) is 0 Å². The molecule has 0 saturated heterocycles. The van der Waals surface area contributed by atoms with Crippen molar-refractivity contribution >= 4 is 17.0 Å². The van der Waals surface area contributed by atoms with Gasteiger partial charge in [-0.1, -0.05) is 71.4 Å². The quantitative estimate of drug-likeness (QED) is 0.252. The van der Waals surface area contributed by atoms with E-state index in [1.165, 1.54) is 11.1 Å². The number of carbonyl (C=O) groups is 1. The lowest BCUT2D eigenvalue weighted by Crippen LogP contribution is -2.24. The van der Waals surface area contributed by atoms with Gasteiger partial charge in [-0.05, 0) is 67.2 Å². The number of nitrogens with one attached hydrogen (secondary N) is 1. The Morgan fingerprint density at radius 2 is 1.59 bits per heavy atom. The SMILES string of the molecule is CCC(C)(C)c1ccc(OCCCCC(=O)NOS(=O)c2ccc(C)cc2)c(C(C)(C)CC)c1. The molecule has 2 rings (SSSR count). The summed E-state index contributed by atoms with van der Waals surface area (Å²) < 4.78 is 23.3. The van der Waals surface area contributed by atoms with Crippen molar-refractivity contribution in [1.82, 2.24) is 5.48 Å². The van der Waals surface area contributed by atoms with Crippen molar-refractivity contribution in [2.75, 3.05) is 6.61 Å². The molecule has 1 amide bonds. The Bertz CT molecular complexity index is 967. The molecule has 2 aromatic rings. The highest BCUT2D eigenvalue weighted by Gasteiger charge is 2.26. The van der Waals surface area contributed by atoms with Crippen LogP contribution in [0.5, 0.6) is 5.75 Å². The van der Waals surface area contributed by atoms with E-state index in [0.29, 0.717) is 17.9 Å². The van der Waals surface area contributed by atoms with Crippen LogP contribution in [0.1, 0.15) is 90.3 Å². The number of hydroxylamine groups is 1. The van der Waals surface area contributed by atoms with Gasteiger partial charge in [0.15, 0.2) is 0 Å². The van der Waals surface area contributed by atoms with Crippen LogP contribution >= 0.6 is 0 Å². The Labute approximate surface area is 208 Å². The van der Waals surface area contributed by atoms with E-state index in [-0.39, 0.29) is 23.2 Å². The third-order valence-electron chi connectivity index (χ3n) is 6.76. The van der Waals surface area contributed by atoms with E-state index in [1.54, 1.807) is 12.1 Å². The average Bonchev–Trinajstić information content (AvgIpc) is 2.82. The lowest BCUT2D eigenvalue weighted by Gasteiger charge is -2.30. The van der Waals surface area contributed by atoms with Crippen molar-refractivity contribution in [1.29, 1.82) is 0 Å². The summed E-state index contributed by atoms with van der Waals surface area (Å²) in [6.07, 6.45) is 3.76. The van der Waals surface area contributed by atoms with Crippen LogP contribution < -0.4 is 10.2 Å². The van der Waals surface area contributed by atoms with Crippen LogP contribution in [0.25, 0.3) is 0 Å². The molecule has 0 aliphatic rings. The number of unbranched alkanes of at least 4 members (excludes halogenated alkanes) is 1. The zero-order valence-electron chi connectivity index (χ0n) is 21.8. The first-order chi connectivity index (χ1) is 16.0. The number of hydrogen-bond acceptors (Lipinski definition) is 4. The number of amides is 1. The number of rotatable bonds is 13. The maximum absolute atomic E-state index is 12.1. The fourth-order valence-corrected chi connectivity index (χ4v) is 4.03. The van der Waals surface area contributed by atoms with Crippen molar-refractivity contribution in [3.05, 3.63) is 59.2 Å². The molecule has 0 bridgehead atoms. The molecule has 0 spiro atoms. The summed E-state index contributed by atoms with van der Waals surface area (Å²) in [5.41, 5.74) is 6.06. The number of hydrogen-bond donors (Lipinski definition) is 1. The monoisotopic (exact) mass is 487 g/mol. The van der Waals surface area contributed by atoms with Gasteiger partial charge in [0.05, 0.1) is 11.5 Å². The second-order valence-electron chi connectivity index (χ2n) is 10.1. The first-order valence-electron chi connectivity index (χ1n) is 12.2. The molecule has 1 N–H and O–H groups in total. The second kappa shape index (κ2) is 12.5. The Balaban J connectivity index is 1.84. The molecule has 0 saturated carbocycles. The lowest BCUT2D eigenvalue weighted by molar-refractivity contribution is -0.127. The Hall–Kier alpha value is -2.18. The standard InChI is InChI=1S/C28H41NO4S/c1-8-27(4,5)22-15-18-25(24(20-22)28(6,7)9-2)32-19-11-10-12-26(30)29-33-34(31)23-16-13-21(3)14-17-23/h13-18,20H,8-12,19H2,1-7H3,(H,29,30). The minimum absolute atomic E-state index is 0.0134. The summed E-state index contributed by atoms with van der Waals surface area (Å²) in [7, 11) is 0.